The van der Waals surface area contributed by atoms with E-state index < -0.39 is 0 Å². The lowest BCUT2D eigenvalue weighted by molar-refractivity contribution is 0.411. The van der Waals surface area contributed by atoms with Crippen LogP contribution in [0.2, 0.25) is 0 Å². The molecule has 0 amide bonds. The largest absolute Gasteiger partial charge is 0.496 e. The molecule has 0 fully saturated rings. The van der Waals surface area contributed by atoms with Crippen molar-refractivity contribution < 1.29 is 4.74 Å². The first-order chi connectivity index (χ1) is 8.33. The summed E-state index contributed by atoms with van der Waals surface area (Å²) < 4.78 is 5.31. The zero-order valence-corrected chi connectivity index (χ0v) is 12.2. The van der Waals surface area contributed by atoms with Crippen LogP contribution in [0.25, 0.3) is 6.08 Å². The molecule has 0 radical (unpaired) electrons. The number of aryl methyl sites for hydroxylation is 2. The fraction of sp³-hybridized carbons (Fsp3) is 0.500. The van der Waals surface area contributed by atoms with Crippen molar-refractivity contribution in [2.75, 3.05) is 7.11 Å². The first kappa shape index (κ1) is 14.8. The van der Waals surface area contributed by atoms with E-state index in [1.54, 1.807) is 7.11 Å². The molecule has 0 heterocycles. The van der Waals surface area contributed by atoms with Gasteiger partial charge in [-0.1, -0.05) is 12.2 Å². The van der Waals surface area contributed by atoms with Gasteiger partial charge in [-0.25, -0.2) is 0 Å². The van der Waals surface area contributed by atoms with Crippen molar-refractivity contribution in [3.05, 3.63) is 34.9 Å². The highest BCUT2D eigenvalue weighted by Gasteiger charge is 2.08. The lowest BCUT2D eigenvalue weighted by Gasteiger charge is -2.16. The van der Waals surface area contributed by atoms with Gasteiger partial charge in [-0.05, 0) is 69.4 Å². The zero-order chi connectivity index (χ0) is 13.8. The van der Waals surface area contributed by atoms with Gasteiger partial charge in [0, 0.05) is 5.54 Å². The lowest BCUT2D eigenvalue weighted by Crippen LogP contribution is -2.31. The van der Waals surface area contributed by atoms with Crippen LogP contribution in [-0.2, 0) is 0 Å². The van der Waals surface area contributed by atoms with Gasteiger partial charge in [-0.15, -0.1) is 0 Å². The van der Waals surface area contributed by atoms with Crippen LogP contribution in [0.5, 0.6) is 5.75 Å². The third-order valence-corrected chi connectivity index (χ3v) is 3.04. The molecular formula is C16H25NO. The summed E-state index contributed by atoms with van der Waals surface area (Å²) in [5.41, 5.74) is 9.53. The first-order valence-corrected chi connectivity index (χ1v) is 6.44. The Labute approximate surface area is 111 Å². The number of benzene rings is 1. The molecule has 0 unspecified atom stereocenters. The average Bonchev–Trinajstić information content (AvgIpc) is 2.27. The van der Waals surface area contributed by atoms with Crippen LogP contribution in [-0.4, -0.2) is 12.6 Å². The van der Waals surface area contributed by atoms with E-state index >= 15 is 0 Å². The number of allylic oxidation sites excluding steroid dienone is 1. The van der Waals surface area contributed by atoms with E-state index in [4.69, 9.17) is 10.5 Å². The molecule has 100 valence electrons. The van der Waals surface area contributed by atoms with Gasteiger partial charge < -0.3 is 10.5 Å². The van der Waals surface area contributed by atoms with Crippen LogP contribution in [0.3, 0.4) is 0 Å². The molecule has 1 aromatic rings. The molecule has 1 rings (SSSR count). The number of ether oxygens (including phenoxy) is 1. The van der Waals surface area contributed by atoms with Crippen LogP contribution in [0, 0.1) is 13.8 Å². The summed E-state index contributed by atoms with van der Waals surface area (Å²) in [4.78, 5) is 0. The number of methoxy groups -OCH3 is 1. The number of hydrogen-bond acceptors (Lipinski definition) is 2. The van der Waals surface area contributed by atoms with E-state index in [-0.39, 0.29) is 5.54 Å². The Hall–Kier alpha value is -1.28. The Balaban J connectivity index is 2.73. The van der Waals surface area contributed by atoms with E-state index in [9.17, 15) is 0 Å². The van der Waals surface area contributed by atoms with Gasteiger partial charge in [0.1, 0.15) is 5.75 Å². The van der Waals surface area contributed by atoms with Gasteiger partial charge in [0.2, 0.25) is 0 Å². The average molecular weight is 247 g/mol. The summed E-state index contributed by atoms with van der Waals surface area (Å²) in [6.07, 6.45) is 6.38. The van der Waals surface area contributed by atoms with E-state index in [0.29, 0.717) is 0 Å². The topological polar surface area (TPSA) is 35.2 Å². The molecule has 0 aliphatic carbocycles. The van der Waals surface area contributed by atoms with Gasteiger partial charge in [0.05, 0.1) is 7.11 Å². The summed E-state index contributed by atoms with van der Waals surface area (Å²) >= 11 is 0. The molecule has 2 N–H and O–H groups in total. The smallest absolute Gasteiger partial charge is 0.122 e. The van der Waals surface area contributed by atoms with Crippen LogP contribution in [0.15, 0.2) is 18.2 Å². The van der Waals surface area contributed by atoms with Crippen molar-refractivity contribution in [3.8, 4) is 5.75 Å². The molecule has 0 atom stereocenters. The van der Waals surface area contributed by atoms with Crippen molar-refractivity contribution in [2.45, 2.75) is 46.1 Å². The van der Waals surface area contributed by atoms with E-state index in [0.717, 1.165) is 18.6 Å². The minimum absolute atomic E-state index is 0.0881. The maximum atomic E-state index is 5.96. The molecule has 2 heteroatoms. The van der Waals surface area contributed by atoms with Gasteiger partial charge in [-0.2, -0.15) is 0 Å². The van der Waals surface area contributed by atoms with Crippen molar-refractivity contribution in [1.82, 2.24) is 0 Å². The molecule has 0 spiro atoms. The van der Waals surface area contributed by atoms with Crippen LogP contribution < -0.4 is 10.5 Å². The third kappa shape index (κ3) is 4.53. The van der Waals surface area contributed by atoms with Gasteiger partial charge >= 0.3 is 0 Å². The quantitative estimate of drug-likeness (QED) is 0.858. The molecule has 0 aromatic heterocycles. The summed E-state index contributed by atoms with van der Waals surface area (Å²) in [7, 11) is 1.71. The van der Waals surface area contributed by atoms with Crippen molar-refractivity contribution in [3.63, 3.8) is 0 Å². The van der Waals surface area contributed by atoms with Gasteiger partial charge in [0.15, 0.2) is 0 Å². The Bertz CT molecular complexity index is 427. The maximum absolute atomic E-state index is 5.96. The minimum Gasteiger partial charge on any atom is -0.496 e. The minimum atomic E-state index is -0.0881. The predicted octanol–water partition coefficient (Wildman–Crippen LogP) is 3.84. The molecule has 0 saturated carbocycles. The van der Waals surface area contributed by atoms with Gasteiger partial charge in [0.25, 0.3) is 0 Å². The number of rotatable bonds is 5. The first-order valence-electron chi connectivity index (χ1n) is 6.44. The Morgan fingerprint density at radius 2 is 1.89 bits per heavy atom. The van der Waals surface area contributed by atoms with Gasteiger partial charge in [-0.3, -0.25) is 0 Å². The Kier molecular flexibility index (Phi) is 4.97. The SMILES string of the molecule is COc1cc(C)c(/C=C/CCC(C)(C)N)cc1C. The fourth-order valence-electron chi connectivity index (χ4n) is 1.88. The molecule has 1 aromatic carbocycles. The van der Waals surface area contributed by atoms with Crippen LogP contribution in [0.4, 0.5) is 0 Å². The molecule has 0 saturated heterocycles. The summed E-state index contributed by atoms with van der Waals surface area (Å²) in [6.45, 7) is 8.29. The molecule has 0 aliphatic rings. The van der Waals surface area contributed by atoms with Crippen LogP contribution in [0.1, 0.15) is 43.4 Å². The van der Waals surface area contributed by atoms with Crippen LogP contribution >= 0.6 is 0 Å². The standard InChI is InChI=1S/C16H25NO/c1-12-11-15(18-5)13(2)10-14(12)8-6-7-9-16(3,4)17/h6,8,10-11H,7,9,17H2,1-5H3/b8-6+. The second-order valence-electron chi connectivity index (χ2n) is 5.61. The van der Waals surface area contributed by atoms with Crippen molar-refractivity contribution in [1.29, 1.82) is 0 Å². The Morgan fingerprint density at radius 3 is 2.44 bits per heavy atom. The van der Waals surface area contributed by atoms with E-state index in [2.05, 4.69) is 52.0 Å². The molecule has 2 nitrogen and oxygen atoms in total. The zero-order valence-electron chi connectivity index (χ0n) is 12.2. The molecule has 0 bridgehead atoms. The summed E-state index contributed by atoms with van der Waals surface area (Å²) in [5.74, 6) is 0.952. The van der Waals surface area contributed by atoms with Crippen molar-refractivity contribution in [2.24, 2.45) is 5.73 Å². The molecule has 18 heavy (non-hydrogen) atoms. The monoisotopic (exact) mass is 247 g/mol. The second-order valence-corrected chi connectivity index (χ2v) is 5.61. The third-order valence-electron chi connectivity index (χ3n) is 3.04. The summed E-state index contributed by atoms with van der Waals surface area (Å²) in [5, 5.41) is 0. The van der Waals surface area contributed by atoms with E-state index in [1.165, 1.54) is 16.7 Å². The number of hydrogen-bond donors (Lipinski definition) is 1. The number of nitrogens with two attached hydrogens (primary N) is 1. The highest BCUT2D eigenvalue weighted by atomic mass is 16.5. The fourth-order valence-corrected chi connectivity index (χ4v) is 1.88. The Morgan fingerprint density at radius 1 is 1.22 bits per heavy atom. The second kappa shape index (κ2) is 6.05. The van der Waals surface area contributed by atoms with Crippen molar-refractivity contribution >= 4 is 6.08 Å². The predicted molar refractivity (Wildman–Crippen MR) is 79.0 cm³/mol. The normalized spacial score (nSPS) is 12.1. The maximum Gasteiger partial charge on any atom is 0.122 e. The molecular weight excluding hydrogens is 222 g/mol. The molecule has 0 aliphatic heterocycles. The van der Waals surface area contributed by atoms with E-state index in [1.807, 2.05) is 0 Å². The highest BCUT2D eigenvalue weighted by molar-refractivity contribution is 5.57. The lowest BCUT2D eigenvalue weighted by atomic mass is 9.99. The highest BCUT2D eigenvalue weighted by Crippen LogP contribution is 2.23. The summed E-state index contributed by atoms with van der Waals surface area (Å²) in [6, 6.07) is 4.25.